The Morgan fingerprint density at radius 3 is 2.37 bits per heavy atom. The molecule has 0 amide bonds. The van der Waals surface area contributed by atoms with Crippen LogP contribution < -0.4 is 21.5 Å². The molecule has 0 bridgehead atoms. The summed E-state index contributed by atoms with van der Waals surface area (Å²) in [5.41, 5.74) is 3.86. The zero-order valence-corrected chi connectivity index (χ0v) is 18.6. The van der Waals surface area contributed by atoms with E-state index in [1.165, 1.54) is 0 Å². The third-order valence-electron chi connectivity index (χ3n) is 5.42. The minimum absolute atomic E-state index is 0.0678. The summed E-state index contributed by atoms with van der Waals surface area (Å²) in [6.07, 6.45) is 0. The second-order valence-electron chi connectivity index (χ2n) is 8.16. The van der Waals surface area contributed by atoms with Crippen molar-refractivity contribution in [3.63, 3.8) is 0 Å². The maximum absolute atomic E-state index is 12.0. The molecule has 4 rings (SSSR count). The molecular formula is C23H23Cl2N3O2. The van der Waals surface area contributed by atoms with Crippen LogP contribution in [0.1, 0.15) is 36.5 Å². The standard InChI is InChI=1S/C23H23Cl2N3O2/c1-12(2)26-20-21(23(30)22(20)29)27-15-6-4-13(5-7-15)17-10-28(3)11-18-16(17)8-14(24)9-19(18)25/h4-9,12,17,26-27H,10-11H2,1-3H3. The maximum Gasteiger partial charge on any atom is 0.253 e. The van der Waals surface area contributed by atoms with Gasteiger partial charge in [0.2, 0.25) is 0 Å². The lowest BCUT2D eigenvalue weighted by Gasteiger charge is -2.33. The summed E-state index contributed by atoms with van der Waals surface area (Å²) < 4.78 is 0. The van der Waals surface area contributed by atoms with Crippen molar-refractivity contribution < 1.29 is 0 Å². The smallest absolute Gasteiger partial charge is 0.253 e. The number of benzene rings is 2. The highest BCUT2D eigenvalue weighted by Crippen LogP contribution is 2.38. The van der Waals surface area contributed by atoms with E-state index < -0.39 is 10.9 Å². The summed E-state index contributed by atoms with van der Waals surface area (Å²) in [7, 11) is 2.08. The van der Waals surface area contributed by atoms with E-state index in [1.54, 1.807) is 6.07 Å². The van der Waals surface area contributed by atoms with Crippen LogP contribution >= 0.6 is 23.2 Å². The van der Waals surface area contributed by atoms with Crippen LogP contribution in [0.25, 0.3) is 0 Å². The first kappa shape index (κ1) is 20.9. The molecule has 0 aromatic heterocycles. The normalized spacial score (nSPS) is 16.7. The highest BCUT2D eigenvalue weighted by Gasteiger charge is 2.27. The van der Waals surface area contributed by atoms with Gasteiger partial charge in [-0.2, -0.15) is 0 Å². The lowest BCUT2D eigenvalue weighted by molar-refractivity contribution is 0.295. The van der Waals surface area contributed by atoms with Crippen molar-refractivity contribution in [1.82, 2.24) is 4.90 Å². The van der Waals surface area contributed by atoms with Crippen molar-refractivity contribution in [1.29, 1.82) is 0 Å². The molecule has 0 radical (unpaired) electrons. The predicted octanol–water partition coefficient (Wildman–Crippen LogP) is 4.73. The second kappa shape index (κ2) is 8.06. The molecule has 0 spiro atoms. The van der Waals surface area contributed by atoms with Gasteiger partial charge in [-0.1, -0.05) is 35.3 Å². The van der Waals surface area contributed by atoms with Crippen molar-refractivity contribution in [3.05, 3.63) is 83.6 Å². The number of hydrogen-bond acceptors (Lipinski definition) is 5. The van der Waals surface area contributed by atoms with Crippen LogP contribution in [-0.4, -0.2) is 24.5 Å². The molecule has 0 aliphatic carbocycles. The van der Waals surface area contributed by atoms with Crippen molar-refractivity contribution in [2.75, 3.05) is 24.2 Å². The Morgan fingerprint density at radius 2 is 1.70 bits per heavy atom. The van der Waals surface area contributed by atoms with Gasteiger partial charge in [-0.25, -0.2) is 0 Å². The first-order valence-electron chi connectivity index (χ1n) is 9.87. The number of anilines is 3. The molecule has 0 saturated heterocycles. The van der Waals surface area contributed by atoms with E-state index in [0.29, 0.717) is 21.4 Å². The molecular weight excluding hydrogens is 421 g/mol. The molecule has 0 saturated carbocycles. The molecule has 7 heteroatoms. The van der Waals surface area contributed by atoms with E-state index in [9.17, 15) is 9.59 Å². The largest absolute Gasteiger partial charge is 0.378 e. The molecule has 2 N–H and O–H groups in total. The molecule has 1 heterocycles. The van der Waals surface area contributed by atoms with E-state index in [2.05, 4.69) is 22.6 Å². The third-order valence-corrected chi connectivity index (χ3v) is 5.97. The Hall–Kier alpha value is -2.34. The van der Waals surface area contributed by atoms with E-state index in [4.69, 9.17) is 23.2 Å². The number of fused-ring (bicyclic) bond motifs is 1. The number of nitrogens with one attached hydrogen (secondary N) is 2. The average molecular weight is 444 g/mol. The first-order chi connectivity index (χ1) is 14.2. The summed E-state index contributed by atoms with van der Waals surface area (Å²) in [5, 5.41) is 7.45. The SMILES string of the molecule is CC(C)Nc1c(Nc2ccc(C3CN(C)Cc4c(Cl)cc(Cl)cc43)cc2)c(=O)c1=O. The monoisotopic (exact) mass is 443 g/mol. The predicted molar refractivity (Wildman–Crippen MR) is 124 cm³/mol. The molecule has 0 fully saturated rings. The van der Waals surface area contributed by atoms with Gasteiger partial charge >= 0.3 is 0 Å². The first-order valence-corrected chi connectivity index (χ1v) is 10.6. The number of likely N-dealkylation sites (N-methyl/N-ethyl adjacent to an activating group) is 1. The third kappa shape index (κ3) is 3.85. The quantitative estimate of drug-likeness (QED) is 0.558. The molecule has 30 heavy (non-hydrogen) atoms. The summed E-state index contributed by atoms with van der Waals surface area (Å²) in [6, 6.07) is 11.8. The number of nitrogens with zero attached hydrogens (tertiary/aromatic N) is 1. The van der Waals surface area contributed by atoms with Crippen molar-refractivity contribution >= 4 is 40.3 Å². The van der Waals surface area contributed by atoms with Gasteiger partial charge in [0, 0.05) is 40.8 Å². The van der Waals surface area contributed by atoms with E-state index in [-0.39, 0.29) is 12.0 Å². The molecule has 1 aliphatic rings. The highest BCUT2D eigenvalue weighted by molar-refractivity contribution is 6.35. The molecule has 1 aliphatic heterocycles. The zero-order valence-electron chi connectivity index (χ0n) is 17.1. The van der Waals surface area contributed by atoms with Crippen LogP contribution in [0.5, 0.6) is 0 Å². The van der Waals surface area contributed by atoms with Crippen LogP contribution in [0.3, 0.4) is 0 Å². The molecule has 5 nitrogen and oxygen atoms in total. The van der Waals surface area contributed by atoms with Crippen molar-refractivity contribution in [2.45, 2.75) is 32.4 Å². The second-order valence-corrected chi connectivity index (χ2v) is 9.00. The zero-order chi connectivity index (χ0) is 21.6. The summed E-state index contributed by atoms with van der Waals surface area (Å²) in [6.45, 7) is 5.49. The summed E-state index contributed by atoms with van der Waals surface area (Å²) in [4.78, 5) is 26.0. The lowest BCUT2D eigenvalue weighted by atomic mass is 9.84. The Balaban J connectivity index is 1.61. The maximum atomic E-state index is 12.0. The average Bonchev–Trinajstić information content (AvgIpc) is 2.70. The Morgan fingerprint density at radius 1 is 1.03 bits per heavy atom. The van der Waals surface area contributed by atoms with Gasteiger partial charge in [0.15, 0.2) is 0 Å². The Kier molecular flexibility index (Phi) is 5.62. The topological polar surface area (TPSA) is 61.4 Å². The van der Waals surface area contributed by atoms with Crippen LogP contribution in [0.15, 0.2) is 46.0 Å². The van der Waals surface area contributed by atoms with Gasteiger partial charge in [-0.05, 0) is 61.9 Å². The molecule has 156 valence electrons. The van der Waals surface area contributed by atoms with Crippen LogP contribution in [0.2, 0.25) is 10.0 Å². The van der Waals surface area contributed by atoms with Gasteiger partial charge in [0.05, 0.1) is 0 Å². The van der Waals surface area contributed by atoms with Crippen molar-refractivity contribution in [2.24, 2.45) is 0 Å². The Labute approximate surface area is 185 Å². The Bertz CT molecular complexity index is 1160. The summed E-state index contributed by atoms with van der Waals surface area (Å²) in [5.74, 6) is 0.147. The minimum atomic E-state index is -0.491. The van der Waals surface area contributed by atoms with E-state index in [1.807, 2.05) is 44.2 Å². The highest BCUT2D eigenvalue weighted by atomic mass is 35.5. The van der Waals surface area contributed by atoms with Crippen LogP contribution in [0.4, 0.5) is 17.1 Å². The van der Waals surface area contributed by atoms with E-state index >= 15 is 0 Å². The van der Waals surface area contributed by atoms with Gasteiger partial charge in [-0.3, -0.25) is 9.59 Å². The fourth-order valence-electron chi connectivity index (χ4n) is 4.01. The molecule has 1 atom stereocenters. The van der Waals surface area contributed by atoms with Gasteiger partial charge in [0.1, 0.15) is 11.4 Å². The number of rotatable bonds is 5. The fourth-order valence-corrected chi connectivity index (χ4v) is 4.58. The van der Waals surface area contributed by atoms with Gasteiger partial charge in [-0.15, -0.1) is 0 Å². The molecule has 1 unspecified atom stereocenters. The van der Waals surface area contributed by atoms with Gasteiger partial charge < -0.3 is 15.5 Å². The molecule has 3 aromatic carbocycles. The van der Waals surface area contributed by atoms with Crippen LogP contribution in [-0.2, 0) is 6.54 Å². The van der Waals surface area contributed by atoms with Gasteiger partial charge in [0.25, 0.3) is 10.9 Å². The summed E-state index contributed by atoms with van der Waals surface area (Å²) >= 11 is 12.7. The molecule has 3 aromatic rings. The number of halogens is 2. The van der Waals surface area contributed by atoms with Crippen molar-refractivity contribution in [3.8, 4) is 0 Å². The fraction of sp³-hybridized carbons (Fsp3) is 0.304. The van der Waals surface area contributed by atoms with Crippen LogP contribution in [0, 0.1) is 0 Å². The number of hydrogen-bond donors (Lipinski definition) is 2. The lowest BCUT2D eigenvalue weighted by Crippen LogP contribution is -2.38. The minimum Gasteiger partial charge on any atom is -0.378 e. The van der Waals surface area contributed by atoms with E-state index in [0.717, 1.165) is 35.5 Å².